The SMILES string of the molecule is CCCNC(Cc1cc(Cl)ccc1Cl)c1ncc[nH]1. The molecule has 102 valence electrons. The molecule has 0 spiro atoms. The number of nitrogens with one attached hydrogen (secondary N) is 2. The van der Waals surface area contributed by atoms with Crippen molar-refractivity contribution in [2.75, 3.05) is 6.54 Å². The number of hydrogen-bond donors (Lipinski definition) is 2. The minimum Gasteiger partial charge on any atom is -0.347 e. The molecule has 0 aliphatic carbocycles. The van der Waals surface area contributed by atoms with Crippen LogP contribution in [0.25, 0.3) is 0 Å². The quantitative estimate of drug-likeness (QED) is 0.846. The standard InChI is InChI=1S/C14H17Cl2N3/c1-2-5-17-13(14-18-6-7-19-14)9-10-8-11(15)3-4-12(10)16/h3-4,6-8,13,17H,2,5,9H2,1H3,(H,18,19). The van der Waals surface area contributed by atoms with Gasteiger partial charge in [0.1, 0.15) is 5.82 Å². The largest absolute Gasteiger partial charge is 0.347 e. The van der Waals surface area contributed by atoms with Crippen molar-refractivity contribution in [1.82, 2.24) is 15.3 Å². The number of nitrogens with zero attached hydrogens (tertiary/aromatic N) is 1. The Morgan fingerprint density at radius 3 is 2.89 bits per heavy atom. The molecule has 0 aliphatic heterocycles. The maximum absolute atomic E-state index is 6.22. The fraction of sp³-hybridized carbons (Fsp3) is 0.357. The van der Waals surface area contributed by atoms with Gasteiger partial charge in [0.2, 0.25) is 0 Å². The first-order chi connectivity index (χ1) is 9.20. The highest BCUT2D eigenvalue weighted by Crippen LogP contribution is 2.25. The van der Waals surface area contributed by atoms with Crippen LogP contribution in [0.15, 0.2) is 30.6 Å². The molecule has 0 aliphatic rings. The molecule has 3 nitrogen and oxygen atoms in total. The van der Waals surface area contributed by atoms with Crippen LogP contribution in [0.3, 0.4) is 0 Å². The molecule has 0 amide bonds. The Kier molecular flexibility index (Phi) is 5.25. The van der Waals surface area contributed by atoms with E-state index in [2.05, 4.69) is 22.2 Å². The average molecular weight is 298 g/mol. The van der Waals surface area contributed by atoms with Crippen LogP contribution < -0.4 is 5.32 Å². The lowest BCUT2D eigenvalue weighted by Gasteiger charge is -2.17. The number of rotatable bonds is 6. The zero-order valence-electron chi connectivity index (χ0n) is 10.8. The van der Waals surface area contributed by atoms with Crippen molar-refractivity contribution >= 4 is 23.2 Å². The lowest BCUT2D eigenvalue weighted by molar-refractivity contribution is 0.508. The van der Waals surface area contributed by atoms with Crippen molar-refractivity contribution in [2.24, 2.45) is 0 Å². The van der Waals surface area contributed by atoms with Gasteiger partial charge in [-0.05, 0) is 43.1 Å². The van der Waals surface area contributed by atoms with Crippen molar-refractivity contribution in [3.05, 3.63) is 52.0 Å². The number of benzene rings is 1. The predicted octanol–water partition coefficient (Wildman–Crippen LogP) is 4.00. The zero-order valence-corrected chi connectivity index (χ0v) is 12.3. The summed E-state index contributed by atoms with van der Waals surface area (Å²) in [6.07, 6.45) is 5.42. The summed E-state index contributed by atoms with van der Waals surface area (Å²) in [4.78, 5) is 7.47. The maximum atomic E-state index is 6.22. The molecule has 5 heteroatoms. The summed E-state index contributed by atoms with van der Waals surface area (Å²) in [6, 6.07) is 5.66. The highest BCUT2D eigenvalue weighted by Gasteiger charge is 2.15. The van der Waals surface area contributed by atoms with E-state index in [4.69, 9.17) is 23.2 Å². The predicted molar refractivity (Wildman–Crippen MR) is 79.8 cm³/mol. The third-order valence-electron chi connectivity index (χ3n) is 2.92. The van der Waals surface area contributed by atoms with Crippen LogP contribution in [0, 0.1) is 0 Å². The normalized spacial score (nSPS) is 12.6. The van der Waals surface area contributed by atoms with Crippen LogP contribution >= 0.6 is 23.2 Å². The maximum Gasteiger partial charge on any atom is 0.123 e. The minimum atomic E-state index is 0.117. The van der Waals surface area contributed by atoms with Crippen LogP contribution in [-0.2, 0) is 6.42 Å². The first-order valence-electron chi connectivity index (χ1n) is 6.37. The van der Waals surface area contributed by atoms with Crippen molar-refractivity contribution in [3.8, 4) is 0 Å². The van der Waals surface area contributed by atoms with Crippen molar-refractivity contribution < 1.29 is 0 Å². The van der Waals surface area contributed by atoms with Gasteiger partial charge >= 0.3 is 0 Å². The van der Waals surface area contributed by atoms with Crippen LogP contribution in [-0.4, -0.2) is 16.5 Å². The number of H-pyrrole nitrogens is 1. The van der Waals surface area contributed by atoms with Crippen molar-refractivity contribution in [1.29, 1.82) is 0 Å². The molecule has 0 radical (unpaired) electrons. The van der Waals surface area contributed by atoms with Crippen LogP contribution in [0.2, 0.25) is 10.0 Å². The second-order valence-corrected chi connectivity index (χ2v) is 5.26. The summed E-state index contributed by atoms with van der Waals surface area (Å²) in [6.45, 7) is 3.07. The molecule has 1 atom stereocenters. The molecule has 1 unspecified atom stereocenters. The Balaban J connectivity index is 2.17. The number of imidazole rings is 1. The Labute approximate surface area is 123 Å². The number of aromatic amines is 1. The van der Waals surface area contributed by atoms with Gasteiger partial charge in [0.25, 0.3) is 0 Å². The molecule has 1 aromatic heterocycles. The number of hydrogen-bond acceptors (Lipinski definition) is 2. The van der Waals surface area contributed by atoms with E-state index in [1.807, 2.05) is 18.3 Å². The van der Waals surface area contributed by atoms with Gasteiger partial charge in [0, 0.05) is 22.4 Å². The molecule has 2 rings (SSSR count). The molecule has 2 N–H and O–H groups in total. The van der Waals surface area contributed by atoms with E-state index in [0.29, 0.717) is 5.02 Å². The van der Waals surface area contributed by atoms with E-state index in [1.165, 1.54) is 0 Å². The lowest BCUT2D eigenvalue weighted by Crippen LogP contribution is -2.25. The van der Waals surface area contributed by atoms with E-state index in [1.54, 1.807) is 12.3 Å². The van der Waals surface area contributed by atoms with E-state index in [0.717, 1.165) is 35.8 Å². The monoisotopic (exact) mass is 297 g/mol. The second-order valence-electron chi connectivity index (χ2n) is 4.42. The van der Waals surface area contributed by atoms with Gasteiger partial charge in [-0.15, -0.1) is 0 Å². The summed E-state index contributed by atoms with van der Waals surface area (Å²) >= 11 is 12.2. The second kappa shape index (κ2) is 6.94. The third-order valence-corrected chi connectivity index (χ3v) is 3.53. The molecule has 19 heavy (non-hydrogen) atoms. The van der Waals surface area contributed by atoms with Crippen LogP contribution in [0.5, 0.6) is 0 Å². The summed E-state index contributed by atoms with van der Waals surface area (Å²) < 4.78 is 0. The molecular formula is C14H17Cl2N3. The van der Waals surface area contributed by atoms with E-state index >= 15 is 0 Å². The van der Waals surface area contributed by atoms with Gasteiger partial charge in [-0.3, -0.25) is 0 Å². The van der Waals surface area contributed by atoms with Gasteiger partial charge in [0.15, 0.2) is 0 Å². The van der Waals surface area contributed by atoms with Gasteiger partial charge < -0.3 is 10.3 Å². The summed E-state index contributed by atoms with van der Waals surface area (Å²) in [5.41, 5.74) is 1.03. The molecule has 1 aromatic carbocycles. The molecular weight excluding hydrogens is 281 g/mol. The molecule has 1 heterocycles. The Morgan fingerprint density at radius 2 is 2.21 bits per heavy atom. The van der Waals surface area contributed by atoms with Gasteiger partial charge in [-0.2, -0.15) is 0 Å². The van der Waals surface area contributed by atoms with Gasteiger partial charge in [-0.25, -0.2) is 4.98 Å². The highest BCUT2D eigenvalue weighted by molar-refractivity contribution is 6.33. The Morgan fingerprint density at radius 1 is 1.37 bits per heavy atom. The van der Waals surface area contributed by atoms with Crippen LogP contribution in [0.1, 0.15) is 30.8 Å². The van der Waals surface area contributed by atoms with E-state index in [-0.39, 0.29) is 6.04 Å². The van der Waals surface area contributed by atoms with E-state index < -0.39 is 0 Å². The molecule has 0 saturated heterocycles. The van der Waals surface area contributed by atoms with Crippen LogP contribution in [0.4, 0.5) is 0 Å². The average Bonchev–Trinajstić information content (AvgIpc) is 2.92. The fourth-order valence-electron chi connectivity index (χ4n) is 1.97. The fourth-order valence-corrected chi connectivity index (χ4v) is 2.36. The first-order valence-corrected chi connectivity index (χ1v) is 7.13. The third kappa shape index (κ3) is 3.96. The van der Waals surface area contributed by atoms with Crippen molar-refractivity contribution in [3.63, 3.8) is 0 Å². The summed E-state index contributed by atoms with van der Waals surface area (Å²) in [5, 5.41) is 4.91. The minimum absolute atomic E-state index is 0.117. The Hall–Kier alpha value is -1.03. The number of halogens is 2. The summed E-state index contributed by atoms with van der Waals surface area (Å²) in [7, 11) is 0. The highest BCUT2D eigenvalue weighted by atomic mass is 35.5. The van der Waals surface area contributed by atoms with Crippen molar-refractivity contribution in [2.45, 2.75) is 25.8 Å². The molecule has 0 fully saturated rings. The number of aromatic nitrogens is 2. The summed E-state index contributed by atoms with van der Waals surface area (Å²) in [5.74, 6) is 0.921. The molecule has 0 bridgehead atoms. The topological polar surface area (TPSA) is 40.7 Å². The smallest absolute Gasteiger partial charge is 0.123 e. The van der Waals surface area contributed by atoms with Gasteiger partial charge in [0.05, 0.1) is 6.04 Å². The van der Waals surface area contributed by atoms with Gasteiger partial charge in [-0.1, -0.05) is 30.1 Å². The lowest BCUT2D eigenvalue weighted by atomic mass is 10.1. The Bertz CT molecular complexity index is 511. The first kappa shape index (κ1) is 14.4. The zero-order chi connectivity index (χ0) is 13.7. The molecule has 2 aromatic rings. The molecule has 0 saturated carbocycles. The van der Waals surface area contributed by atoms with E-state index in [9.17, 15) is 0 Å².